The molecule has 0 fully saturated rings. The fourth-order valence-corrected chi connectivity index (χ4v) is 4.41. The van der Waals surface area contributed by atoms with E-state index in [0.717, 1.165) is 48.6 Å². The Kier molecular flexibility index (Phi) is 6.35. The molecule has 0 saturated heterocycles. The van der Waals surface area contributed by atoms with Gasteiger partial charge in [0.1, 0.15) is 18.2 Å². The van der Waals surface area contributed by atoms with Crippen LogP contribution in [0.3, 0.4) is 0 Å². The zero-order chi connectivity index (χ0) is 23.7. The lowest BCUT2D eigenvalue weighted by Crippen LogP contribution is -2.29. The molecule has 0 atom stereocenters. The number of ether oxygens (including phenoxy) is 1. The second-order valence-corrected chi connectivity index (χ2v) is 9.12. The number of nitrogens with zero attached hydrogens (tertiary/aromatic N) is 4. The highest BCUT2D eigenvalue weighted by atomic mass is 35.5. The molecule has 0 N–H and O–H groups in total. The normalized spacial score (nSPS) is 14.4. The van der Waals surface area contributed by atoms with E-state index in [9.17, 15) is 4.39 Å². The molecule has 0 saturated carbocycles. The number of fused-ring (bicyclic) bond motifs is 1. The van der Waals surface area contributed by atoms with E-state index in [2.05, 4.69) is 52.7 Å². The molecule has 5 rings (SSSR count). The highest BCUT2D eigenvalue weighted by molar-refractivity contribution is 6.30. The van der Waals surface area contributed by atoms with Crippen LogP contribution in [-0.4, -0.2) is 32.5 Å². The van der Waals surface area contributed by atoms with Crippen molar-refractivity contribution >= 4 is 28.2 Å². The molecule has 7 heteroatoms. The van der Waals surface area contributed by atoms with Crippen molar-refractivity contribution in [2.24, 2.45) is 7.05 Å². The standard InChI is InChI=1S/C27H26ClFN4O/c1-18-6-9-25-24(14-18)30-26(32(25)2)16-33-12-10-19(11-13-33)23-4-3-5-27(31-23)34-17-20-7-8-21(28)15-22(20)29/h3-10,14-15H,11-13,16-17H2,1-2H3. The Morgan fingerprint density at radius 2 is 1.97 bits per heavy atom. The van der Waals surface area contributed by atoms with Crippen molar-refractivity contribution in [1.29, 1.82) is 0 Å². The van der Waals surface area contributed by atoms with Gasteiger partial charge < -0.3 is 9.30 Å². The smallest absolute Gasteiger partial charge is 0.214 e. The summed E-state index contributed by atoms with van der Waals surface area (Å²) < 4.78 is 21.9. The predicted molar refractivity (Wildman–Crippen MR) is 133 cm³/mol. The zero-order valence-corrected chi connectivity index (χ0v) is 20.0. The molecule has 2 aromatic carbocycles. The van der Waals surface area contributed by atoms with Crippen LogP contribution >= 0.6 is 11.6 Å². The van der Waals surface area contributed by atoms with Gasteiger partial charge in [0, 0.05) is 36.8 Å². The van der Waals surface area contributed by atoms with Gasteiger partial charge in [-0.15, -0.1) is 0 Å². The van der Waals surface area contributed by atoms with Crippen molar-refractivity contribution in [3.05, 3.63) is 94.2 Å². The van der Waals surface area contributed by atoms with Crippen LogP contribution in [0.2, 0.25) is 5.02 Å². The number of rotatable bonds is 6. The highest BCUT2D eigenvalue weighted by Crippen LogP contribution is 2.25. The van der Waals surface area contributed by atoms with E-state index in [1.54, 1.807) is 18.2 Å². The van der Waals surface area contributed by atoms with Crippen LogP contribution in [-0.2, 0) is 20.2 Å². The Morgan fingerprint density at radius 3 is 2.76 bits per heavy atom. The minimum Gasteiger partial charge on any atom is -0.473 e. The van der Waals surface area contributed by atoms with Crippen molar-refractivity contribution < 1.29 is 9.13 Å². The Balaban J connectivity index is 1.24. The number of hydrogen-bond acceptors (Lipinski definition) is 4. The molecule has 0 unspecified atom stereocenters. The Morgan fingerprint density at radius 1 is 1.09 bits per heavy atom. The largest absolute Gasteiger partial charge is 0.473 e. The average molecular weight is 477 g/mol. The van der Waals surface area contributed by atoms with Crippen LogP contribution in [0, 0.1) is 12.7 Å². The number of halogens is 2. The molecule has 34 heavy (non-hydrogen) atoms. The summed E-state index contributed by atoms with van der Waals surface area (Å²) in [6, 6.07) is 16.7. The van der Waals surface area contributed by atoms with Gasteiger partial charge in [-0.05, 0) is 54.8 Å². The summed E-state index contributed by atoms with van der Waals surface area (Å²) in [5.74, 6) is 1.17. The quantitative estimate of drug-likeness (QED) is 0.345. The zero-order valence-electron chi connectivity index (χ0n) is 19.3. The first kappa shape index (κ1) is 22.6. The minimum atomic E-state index is -0.380. The topological polar surface area (TPSA) is 43.2 Å². The summed E-state index contributed by atoms with van der Waals surface area (Å²) in [6.07, 6.45) is 3.12. The number of aryl methyl sites for hydroxylation is 2. The SMILES string of the molecule is Cc1ccc2c(c1)nc(CN1CC=C(c3cccc(OCc4ccc(Cl)cc4F)n3)CC1)n2C. The van der Waals surface area contributed by atoms with Crippen LogP contribution in [0.1, 0.15) is 29.1 Å². The summed E-state index contributed by atoms with van der Waals surface area (Å²) in [5, 5.41) is 0.367. The van der Waals surface area contributed by atoms with E-state index in [-0.39, 0.29) is 12.4 Å². The predicted octanol–water partition coefficient (Wildman–Crippen LogP) is 5.94. The first-order valence-electron chi connectivity index (χ1n) is 11.3. The maximum absolute atomic E-state index is 14.0. The number of pyridine rings is 1. The minimum absolute atomic E-state index is 0.101. The molecule has 1 aliphatic heterocycles. The van der Waals surface area contributed by atoms with Gasteiger partial charge >= 0.3 is 0 Å². The molecular formula is C27H26ClFN4O. The third-order valence-corrected chi connectivity index (χ3v) is 6.47. The number of hydrogen-bond donors (Lipinski definition) is 0. The lowest BCUT2D eigenvalue weighted by Gasteiger charge is -2.25. The van der Waals surface area contributed by atoms with Gasteiger partial charge in [-0.25, -0.2) is 14.4 Å². The van der Waals surface area contributed by atoms with Crippen molar-refractivity contribution in [2.75, 3.05) is 13.1 Å². The van der Waals surface area contributed by atoms with E-state index < -0.39 is 0 Å². The first-order valence-corrected chi connectivity index (χ1v) is 11.7. The van der Waals surface area contributed by atoms with Crippen LogP contribution < -0.4 is 4.74 Å². The van der Waals surface area contributed by atoms with Crippen LogP contribution in [0.25, 0.3) is 16.6 Å². The van der Waals surface area contributed by atoms with Crippen LogP contribution in [0.15, 0.2) is 60.7 Å². The fraction of sp³-hybridized carbons (Fsp3) is 0.259. The van der Waals surface area contributed by atoms with Crippen LogP contribution in [0.5, 0.6) is 5.88 Å². The van der Waals surface area contributed by atoms with Gasteiger partial charge in [0.25, 0.3) is 0 Å². The van der Waals surface area contributed by atoms with E-state index in [4.69, 9.17) is 21.3 Å². The van der Waals surface area contributed by atoms with Gasteiger partial charge in [-0.3, -0.25) is 4.90 Å². The second-order valence-electron chi connectivity index (χ2n) is 8.68. The fourth-order valence-electron chi connectivity index (χ4n) is 4.25. The summed E-state index contributed by atoms with van der Waals surface area (Å²) in [6.45, 7) is 4.76. The number of benzene rings is 2. The molecule has 0 aliphatic carbocycles. The molecule has 0 radical (unpaired) electrons. The van der Waals surface area contributed by atoms with Crippen LogP contribution in [0.4, 0.5) is 4.39 Å². The molecule has 174 valence electrons. The number of aromatic nitrogens is 3. The average Bonchev–Trinajstić information content (AvgIpc) is 3.13. The lowest BCUT2D eigenvalue weighted by molar-refractivity contribution is 0.282. The first-order chi connectivity index (χ1) is 16.5. The van der Waals surface area contributed by atoms with E-state index in [1.807, 2.05) is 12.1 Å². The molecule has 0 amide bonds. The van der Waals surface area contributed by atoms with Gasteiger partial charge in [0.2, 0.25) is 5.88 Å². The van der Waals surface area contributed by atoms with E-state index in [0.29, 0.717) is 16.5 Å². The van der Waals surface area contributed by atoms with Crippen molar-refractivity contribution in [3.63, 3.8) is 0 Å². The Labute approximate surface area is 203 Å². The molecule has 0 bridgehead atoms. The Hall–Kier alpha value is -3.22. The molecule has 1 aliphatic rings. The lowest BCUT2D eigenvalue weighted by atomic mass is 10.0. The second kappa shape index (κ2) is 9.57. The van der Waals surface area contributed by atoms with Gasteiger partial charge in [-0.1, -0.05) is 35.9 Å². The molecule has 0 spiro atoms. The van der Waals surface area contributed by atoms with Crippen molar-refractivity contribution in [2.45, 2.75) is 26.5 Å². The number of imidazole rings is 1. The van der Waals surface area contributed by atoms with Crippen molar-refractivity contribution in [1.82, 2.24) is 19.4 Å². The maximum Gasteiger partial charge on any atom is 0.214 e. The maximum atomic E-state index is 14.0. The summed E-state index contributed by atoms with van der Waals surface area (Å²) in [5.41, 5.74) is 5.96. The highest BCUT2D eigenvalue weighted by Gasteiger charge is 2.17. The monoisotopic (exact) mass is 476 g/mol. The summed E-state index contributed by atoms with van der Waals surface area (Å²) in [4.78, 5) is 11.9. The molecule has 4 aromatic rings. The molecule has 3 heterocycles. The van der Waals surface area contributed by atoms with Gasteiger partial charge in [-0.2, -0.15) is 0 Å². The third-order valence-electron chi connectivity index (χ3n) is 6.23. The summed E-state index contributed by atoms with van der Waals surface area (Å²) in [7, 11) is 2.08. The Bertz CT molecular complexity index is 1380. The van der Waals surface area contributed by atoms with E-state index >= 15 is 0 Å². The third kappa shape index (κ3) is 4.83. The summed E-state index contributed by atoms with van der Waals surface area (Å²) >= 11 is 5.82. The van der Waals surface area contributed by atoms with Gasteiger partial charge in [0.15, 0.2) is 0 Å². The molecular weight excluding hydrogens is 451 g/mol. The molecule has 5 nitrogen and oxygen atoms in total. The molecule has 2 aromatic heterocycles. The van der Waals surface area contributed by atoms with Crippen molar-refractivity contribution in [3.8, 4) is 5.88 Å². The van der Waals surface area contributed by atoms with E-state index in [1.165, 1.54) is 17.2 Å². The van der Waals surface area contributed by atoms with Gasteiger partial charge in [0.05, 0.1) is 23.3 Å².